The second-order valence-corrected chi connectivity index (χ2v) is 9.66. The molecule has 13 nitrogen and oxygen atoms in total. The van der Waals surface area contributed by atoms with E-state index in [4.69, 9.17) is 32.2 Å². The van der Waals surface area contributed by atoms with Gasteiger partial charge in [0.25, 0.3) is 6.47 Å². The predicted molar refractivity (Wildman–Crippen MR) is 118 cm³/mol. The number of pyridine rings is 2. The monoisotopic (exact) mass is 786 g/mol. The van der Waals surface area contributed by atoms with Crippen LogP contribution >= 0.6 is 11.6 Å². The SMILES string of the molecule is CN(c1ncccc1C#N)S(C)(=O)=O.CNS(C)(=O)=O.N#Cc1cccnc1Cl.O=CO[O-].[Cs+].[Cs+].[H-]. The Morgan fingerprint density at radius 3 is 1.77 bits per heavy atom. The molecule has 0 bridgehead atoms. The molecule has 0 aliphatic heterocycles. The largest absolute Gasteiger partial charge is 1.00 e. The van der Waals surface area contributed by atoms with Crippen molar-refractivity contribution in [2.75, 3.05) is 30.9 Å². The molecule has 2 aromatic rings. The molecule has 2 aromatic heterocycles. The molecule has 18 heteroatoms. The zero-order valence-corrected chi connectivity index (χ0v) is 34.8. The Balaban J connectivity index is -0.000000127. The molecule has 0 radical (unpaired) electrons. The minimum atomic E-state index is -3.37. The molecule has 0 spiro atoms. The third-order valence-electron chi connectivity index (χ3n) is 2.99. The summed E-state index contributed by atoms with van der Waals surface area (Å²) in [6.07, 6.45) is 5.15. The Morgan fingerprint density at radius 2 is 1.49 bits per heavy atom. The molecule has 0 amide bonds. The standard InChI is InChI=1S/C8H9N3O2S.C6H3ClN2.C2H7NO2S.CH2O3.2Cs.H/c1-11(14(2,12)13)8-7(6-9)4-3-5-10-8;7-6-5(4-8)2-1-3-9-6;1-3-6(2,4)5;2-1-4-3;;;/h3-5H,1-2H3;1-3H;3H,1-2H3;1,3H;;;/q;;;;2*+1;-1/p-1. The molecule has 0 saturated heterocycles. The second kappa shape index (κ2) is 23.8. The van der Waals surface area contributed by atoms with Gasteiger partial charge in [-0.25, -0.2) is 31.5 Å². The molecular formula is C17H21ClCs2N6O7S2. The van der Waals surface area contributed by atoms with Crippen molar-refractivity contribution in [1.82, 2.24) is 14.7 Å². The molecule has 35 heavy (non-hydrogen) atoms. The van der Waals surface area contributed by atoms with E-state index in [2.05, 4.69) is 19.6 Å². The quantitative estimate of drug-likeness (QED) is 0.134. The number of carbonyl (C=O) groups is 1. The zero-order valence-electron chi connectivity index (χ0n) is 20.8. The van der Waals surface area contributed by atoms with Crippen molar-refractivity contribution in [2.24, 2.45) is 0 Å². The van der Waals surface area contributed by atoms with Gasteiger partial charge in [-0.2, -0.15) is 10.5 Å². The van der Waals surface area contributed by atoms with Crippen molar-refractivity contribution in [3.8, 4) is 12.1 Å². The summed E-state index contributed by atoms with van der Waals surface area (Å²) in [6.45, 7) is -0.181. The van der Waals surface area contributed by atoms with E-state index in [-0.39, 0.29) is 162 Å². The van der Waals surface area contributed by atoms with Crippen LogP contribution in [0.3, 0.4) is 0 Å². The Hall–Kier alpha value is 0.764. The van der Waals surface area contributed by atoms with E-state index < -0.39 is 20.0 Å². The van der Waals surface area contributed by atoms with Crippen LogP contribution in [0.15, 0.2) is 36.7 Å². The Bertz CT molecular complexity index is 1200. The van der Waals surface area contributed by atoms with Gasteiger partial charge < -0.3 is 11.6 Å². The van der Waals surface area contributed by atoms with Gasteiger partial charge in [0.2, 0.25) is 20.0 Å². The summed E-state index contributed by atoms with van der Waals surface area (Å²) >= 11 is 5.49. The van der Waals surface area contributed by atoms with Gasteiger partial charge in [-0.3, -0.25) is 9.10 Å². The van der Waals surface area contributed by atoms with E-state index in [0.717, 1.165) is 16.8 Å². The number of aromatic nitrogens is 2. The Labute approximate surface area is 329 Å². The molecule has 0 aliphatic carbocycles. The molecule has 0 atom stereocenters. The average molecular weight is 787 g/mol. The van der Waals surface area contributed by atoms with Gasteiger partial charge in [-0.05, 0) is 31.3 Å². The van der Waals surface area contributed by atoms with Crippen molar-refractivity contribution in [1.29, 1.82) is 10.5 Å². The molecular weight excluding hydrogens is 766 g/mol. The second-order valence-electron chi connectivity index (χ2n) is 5.34. The third kappa shape index (κ3) is 22.5. The summed E-state index contributed by atoms with van der Waals surface area (Å²) in [7, 11) is -3.55. The first-order valence-corrected chi connectivity index (χ1v) is 12.3. The zero-order chi connectivity index (χ0) is 26.1. The van der Waals surface area contributed by atoms with E-state index in [0.29, 0.717) is 5.56 Å². The first-order valence-electron chi connectivity index (χ1n) is 8.19. The number of halogens is 1. The molecule has 0 saturated carbocycles. The fourth-order valence-corrected chi connectivity index (χ4v) is 1.98. The Kier molecular flexibility index (Phi) is 29.2. The number of hydrogen-bond acceptors (Lipinski definition) is 11. The summed E-state index contributed by atoms with van der Waals surface area (Å²) < 4.78 is 45.2. The van der Waals surface area contributed by atoms with Crippen LogP contribution in [0.4, 0.5) is 5.82 Å². The number of hydrogen-bond donors (Lipinski definition) is 1. The van der Waals surface area contributed by atoms with Crippen molar-refractivity contribution in [3.05, 3.63) is 52.9 Å². The molecule has 0 unspecified atom stereocenters. The summed E-state index contributed by atoms with van der Waals surface area (Å²) in [6, 6.07) is 10.2. The van der Waals surface area contributed by atoms with E-state index in [1.165, 1.54) is 26.4 Å². The molecule has 182 valence electrons. The number of sulfonamides is 2. The van der Waals surface area contributed by atoms with Crippen LogP contribution in [0.1, 0.15) is 12.6 Å². The van der Waals surface area contributed by atoms with Gasteiger partial charge in [-0.15, -0.1) is 0 Å². The van der Waals surface area contributed by atoms with Gasteiger partial charge in [0.05, 0.1) is 23.6 Å². The number of rotatable bonds is 4. The summed E-state index contributed by atoms with van der Waals surface area (Å²) in [5.74, 6) is 0.150. The predicted octanol–water partition coefficient (Wildman–Crippen LogP) is -6.32. The van der Waals surface area contributed by atoms with Gasteiger partial charge in [0.15, 0.2) is 5.82 Å². The number of carbonyl (C=O) groups excluding carboxylic acids is 1. The molecule has 1 N–H and O–H groups in total. The molecule has 2 heterocycles. The van der Waals surface area contributed by atoms with Gasteiger partial charge in [-0.1, -0.05) is 11.6 Å². The molecule has 0 aliphatic rings. The number of nitrogens with one attached hydrogen (secondary N) is 1. The van der Waals surface area contributed by atoms with E-state index in [1.54, 1.807) is 24.4 Å². The van der Waals surface area contributed by atoms with Crippen molar-refractivity contribution in [2.45, 2.75) is 0 Å². The molecule has 0 fully saturated rings. The fourth-order valence-electron chi connectivity index (χ4n) is 1.36. The molecule has 0 aromatic carbocycles. The van der Waals surface area contributed by atoms with Crippen LogP contribution in [0.5, 0.6) is 0 Å². The van der Waals surface area contributed by atoms with E-state index >= 15 is 0 Å². The molecule has 2 rings (SSSR count). The van der Waals surface area contributed by atoms with Gasteiger partial charge in [0, 0.05) is 19.4 Å². The van der Waals surface area contributed by atoms with Gasteiger partial charge >= 0.3 is 138 Å². The maximum Gasteiger partial charge on any atom is 1.00 e. The van der Waals surface area contributed by atoms with Crippen LogP contribution in [-0.2, 0) is 29.7 Å². The fraction of sp³-hybridized carbons (Fsp3) is 0.235. The van der Waals surface area contributed by atoms with Crippen molar-refractivity contribution >= 4 is 43.9 Å². The van der Waals surface area contributed by atoms with Crippen LogP contribution in [0.2, 0.25) is 5.15 Å². The number of nitriles is 2. The first-order chi connectivity index (χ1) is 15.3. The Morgan fingerprint density at radius 1 is 1.09 bits per heavy atom. The average Bonchev–Trinajstić information content (AvgIpc) is 2.78. The smallest absolute Gasteiger partial charge is 1.00 e. The summed E-state index contributed by atoms with van der Waals surface area (Å²) in [5.41, 5.74) is 0.652. The first kappa shape index (κ1) is 42.8. The maximum absolute atomic E-state index is 11.2. The summed E-state index contributed by atoms with van der Waals surface area (Å²) in [4.78, 5) is 18.8. The van der Waals surface area contributed by atoms with Crippen LogP contribution in [-0.4, -0.2) is 59.9 Å². The van der Waals surface area contributed by atoms with Crippen molar-refractivity contribution in [3.63, 3.8) is 0 Å². The van der Waals surface area contributed by atoms with Crippen LogP contribution in [0, 0.1) is 22.7 Å². The third-order valence-corrected chi connectivity index (χ3v) is 5.20. The van der Waals surface area contributed by atoms with Gasteiger partial charge in [0.1, 0.15) is 17.3 Å². The van der Waals surface area contributed by atoms with Crippen LogP contribution in [0.25, 0.3) is 0 Å². The van der Waals surface area contributed by atoms with Crippen molar-refractivity contribution < 1.29 is 171 Å². The van der Waals surface area contributed by atoms with E-state index in [9.17, 15) is 16.8 Å². The number of anilines is 1. The normalized spacial score (nSPS) is 9.03. The maximum atomic E-state index is 11.2. The minimum absolute atomic E-state index is 0. The van der Waals surface area contributed by atoms with E-state index in [1.807, 2.05) is 12.1 Å². The summed E-state index contributed by atoms with van der Waals surface area (Å²) in [5, 5.41) is 25.8. The topological polar surface area (TPSA) is 206 Å². The van der Waals surface area contributed by atoms with Crippen LogP contribution < -0.4 is 152 Å². The number of nitrogens with zero attached hydrogens (tertiary/aromatic N) is 5. The minimum Gasteiger partial charge on any atom is -1.00 e.